The second kappa shape index (κ2) is 7.69. The minimum Gasteiger partial charge on any atom is -0.465 e. The van der Waals surface area contributed by atoms with Gasteiger partial charge in [-0.3, -0.25) is 18.7 Å². The van der Waals surface area contributed by atoms with Crippen LogP contribution in [-0.2, 0) is 23.6 Å². The van der Waals surface area contributed by atoms with E-state index in [-0.39, 0.29) is 29.6 Å². The molecule has 0 bridgehead atoms. The lowest BCUT2D eigenvalue weighted by Crippen LogP contribution is -2.46. The molecule has 0 saturated carbocycles. The SMILES string of the molecule is C=C1Nc2c(c(=O)n(C)c(=O)n2C)[C@@H](c2cccc(F)c2)[C@@H]1C(=O)OCC(C)C. The van der Waals surface area contributed by atoms with Crippen LogP contribution in [0.25, 0.3) is 0 Å². The number of fused-ring (bicyclic) bond motifs is 1. The van der Waals surface area contributed by atoms with Gasteiger partial charge in [-0.1, -0.05) is 32.6 Å². The topological polar surface area (TPSA) is 82.3 Å². The third kappa shape index (κ3) is 3.62. The van der Waals surface area contributed by atoms with Crippen LogP contribution in [0.5, 0.6) is 0 Å². The molecule has 1 aromatic heterocycles. The Morgan fingerprint density at radius 2 is 1.97 bits per heavy atom. The molecule has 1 aromatic carbocycles. The zero-order valence-electron chi connectivity index (χ0n) is 16.9. The maximum Gasteiger partial charge on any atom is 0.332 e. The Bertz CT molecular complexity index is 1100. The maximum absolute atomic E-state index is 14.0. The van der Waals surface area contributed by atoms with Gasteiger partial charge in [-0.25, -0.2) is 9.18 Å². The van der Waals surface area contributed by atoms with Crippen molar-refractivity contribution in [1.29, 1.82) is 0 Å². The van der Waals surface area contributed by atoms with Gasteiger partial charge in [-0.15, -0.1) is 0 Å². The maximum atomic E-state index is 14.0. The summed E-state index contributed by atoms with van der Waals surface area (Å²) in [7, 11) is 2.88. The molecule has 0 aliphatic carbocycles. The molecule has 1 aliphatic rings. The molecule has 0 amide bonds. The Morgan fingerprint density at radius 1 is 1.28 bits per heavy atom. The first-order valence-corrected chi connectivity index (χ1v) is 9.31. The van der Waals surface area contributed by atoms with Gasteiger partial charge in [0.15, 0.2) is 0 Å². The molecular formula is C21H24FN3O4. The fourth-order valence-electron chi connectivity index (χ4n) is 3.58. The predicted octanol–water partition coefficient (Wildman–Crippen LogP) is 2.11. The number of nitrogens with one attached hydrogen (secondary N) is 1. The number of halogens is 1. The fraction of sp³-hybridized carbons (Fsp3) is 0.381. The van der Waals surface area contributed by atoms with E-state index in [0.717, 1.165) is 4.57 Å². The van der Waals surface area contributed by atoms with E-state index in [1.165, 1.54) is 36.9 Å². The normalized spacial score (nSPS) is 18.3. The van der Waals surface area contributed by atoms with Gasteiger partial charge in [-0.05, 0) is 23.6 Å². The van der Waals surface area contributed by atoms with Crippen LogP contribution in [-0.4, -0.2) is 21.7 Å². The Labute approximate surface area is 167 Å². The summed E-state index contributed by atoms with van der Waals surface area (Å²) in [6.45, 7) is 7.96. The lowest BCUT2D eigenvalue weighted by Gasteiger charge is -2.35. The number of aromatic nitrogens is 2. The molecule has 1 aliphatic heterocycles. The Hall–Kier alpha value is -3.16. The fourth-order valence-corrected chi connectivity index (χ4v) is 3.58. The quantitative estimate of drug-likeness (QED) is 0.794. The molecule has 8 heteroatoms. The highest BCUT2D eigenvalue weighted by atomic mass is 19.1. The number of hydrogen-bond acceptors (Lipinski definition) is 5. The van der Waals surface area contributed by atoms with Crippen molar-refractivity contribution in [2.24, 2.45) is 25.9 Å². The first-order chi connectivity index (χ1) is 13.6. The molecule has 3 rings (SSSR count). The number of rotatable bonds is 4. The highest BCUT2D eigenvalue weighted by molar-refractivity contribution is 5.81. The van der Waals surface area contributed by atoms with Crippen LogP contribution < -0.4 is 16.6 Å². The molecule has 154 valence electrons. The number of hydrogen-bond donors (Lipinski definition) is 1. The van der Waals surface area contributed by atoms with E-state index in [0.29, 0.717) is 5.56 Å². The second-order valence-corrected chi connectivity index (χ2v) is 7.65. The van der Waals surface area contributed by atoms with Gasteiger partial charge >= 0.3 is 11.7 Å². The van der Waals surface area contributed by atoms with Crippen LogP contribution in [0.1, 0.15) is 30.9 Å². The third-order valence-corrected chi connectivity index (χ3v) is 5.02. The molecule has 29 heavy (non-hydrogen) atoms. The molecule has 2 heterocycles. The van der Waals surface area contributed by atoms with Crippen molar-refractivity contribution in [1.82, 2.24) is 9.13 Å². The van der Waals surface area contributed by atoms with E-state index in [9.17, 15) is 18.8 Å². The average Bonchev–Trinajstić information content (AvgIpc) is 2.67. The molecule has 2 atom stereocenters. The van der Waals surface area contributed by atoms with Crippen LogP contribution in [0, 0.1) is 17.7 Å². The Morgan fingerprint density at radius 3 is 2.59 bits per heavy atom. The monoisotopic (exact) mass is 401 g/mol. The Balaban J connectivity index is 2.27. The molecule has 0 saturated heterocycles. The van der Waals surface area contributed by atoms with Gasteiger partial charge in [0, 0.05) is 25.7 Å². The number of carbonyl (C=O) groups excluding carboxylic acids is 1. The van der Waals surface area contributed by atoms with Crippen LogP contribution in [0.4, 0.5) is 10.2 Å². The van der Waals surface area contributed by atoms with Crippen LogP contribution in [0.15, 0.2) is 46.1 Å². The minimum absolute atomic E-state index is 0.123. The molecule has 0 unspecified atom stereocenters. The van der Waals surface area contributed by atoms with E-state index in [1.54, 1.807) is 6.07 Å². The third-order valence-electron chi connectivity index (χ3n) is 5.02. The summed E-state index contributed by atoms with van der Waals surface area (Å²) in [6.07, 6.45) is 0. The number of ether oxygens (including phenoxy) is 1. The second-order valence-electron chi connectivity index (χ2n) is 7.65. The van der Waals surface area contributed by atoms with Crippen LogP contribution in [0.3, 0.4) is 0 Å². The highest BCUT2D eigenvalue weighted by Gasteiger charge is 2.42. The number of carbonyl (C=O) groups is 1. The smallest absolute Gasteiger partial charge is 0.332 e. The molecule has 1 N–H and O–H groups in total. The minimum atomic E-state index is -0.951. The van der Waals surface area contributed by atoms with E-state index in [4.69, 9.17) is 4.74 Å². The molecular weight excluding hydrogens is 377 g/mol. The number of nitrogens with zero attached hydrogens (tertiary/aromatic N) is 2. The zero-order chi connectivity index (χ0) is 21.5. The van der Waals surface area contributed by atoms with Gasteiger partial charge < -0.3 is 10.1 Å². The standard InChI is InChI=1S/C21H24FN3O4/c1-11(2)10-29-20(27)15-12(3)23-18-17(19(26)25(5)21(28)24(18)4)16(15)13-7-6-8-14(22)9-13/h6-9,11,15-16,23H,3,10H2,1-2,4-5H3/t15-,16+/m1/s1. The van der Waals surface area contributed by atoms with Gasteiger partial charge in [-0.2, -0.15) is 0 Å². The van der Waals surface area contributed by atoms with Crippen molar-refractivity contribution < 1.29 is 13.9 Å². The summed E-state index contributed by atoms with van der Waals surface area (Å²) >= 11 is 0. The van der Waals surface area contributed by atoms with Crippen LogP contribution in [0.2, 0.25) is 0 Å². The summed E-state index contributed by atoms with van der Waals surface area (Å²) in [5, 5.41) is 2.93. The van der Waals surface area contributed by atoms with E-state index >= 15 is 0 Å². The summed E-state index contributed by atoms with van der Waals surface area (Å²) in [6, 6.07) is 5.72. The van der Waals surface area contributed by atoms with E-state index in [2.05, 4.69) is 11.9 Å². The van der Waals surface area contributed by atoms with Gasteiger partial charge in [0.1, 0.15) is 17.6 Å². The average molecular weight is 401 g/mol. The predicted molar refractivity (Wildman–Crippen MR) is 107 cm³/mol. The van der Waals surface area contributed by atoms with Crippen molar-refractivity contribution in [3.8, 4) is 0 Å². The van der Waals surface area contributed by atoms with Crippen LogP contribution >= 0.6 is 0 Å². The lowest BCUT2D eigenvalue weighted by atomic mass is 9.77. The Kier molecular flexibility index (Phi) is 5.46. The summed E-state index contributed by atoms with van der Waals surface area (Å²) in [5.41, 5.74) is -0.175. The molecule has 0 radical (unpaired) electrons. The number of benzene rings is 1. The summed E-state index contributed by atoms with van der Waals surface area (Å²) in [4.78, 5) is 38.3. The summed E-state index contributed by atoms with van der Waals surface area (Å²) in [5.74, 6) is -2.49. The lowest BCUT2D eigenvalue weighted by molar-refractivity contribution is -0.148. The highest BCUT2D eigenvalue weighted by Crippen LogP contribution is 2.42. The molecule has 0 spiro atoms. The first-order valence-electron chi connectivity index (χ1n) is 9.31. The van der Waals surface area contributed by atoms with Crippen molar-refractivity contribution in [3.63, 3.8) is 0 Å². The number of esters is 1. The molecule has 0 fully saturated rings. The molecule has 7 nitrogen and oxygen atoms in total. The largest absolute Gasteiger partial charge is 0.465 e. The van der Waals surface area contributed by atoms with Gasteiger partial charge in [0.25, 0.3) is 5.56 Å². The van der Waals surface area contributed by atoms with Gasteiger partial charge in [0.2, 0.25) is 0 Å². The van der Waals surface area contributed by atoms with Crippen molar-refractivity contribution in [2.75, 3.05) is 11.9 Å². The number of anilines is 1. The zero-order valence-corrected chi connectivity index (χ0v) is 16.9. The molecule has 2 aromatic rings. The van der Waals surface area contributed by atoms with Crippen molar-refractivity contribution in [3.05, 3.63) is 74.3 Å². The summed E-state index contributed by atoms with van der Waals surface area (Å²) < 4.78 is 21.7. The van der Waals surface area contributed by atoms with E-state index < -0.39 is 34.9 Å². The van der Waals surface area contributed by atoms with Crippen molar-refractivity contribution in [2.45, 2.75) is 19.8 Å². The van der Waals surface area contributed by atoms with E-state index in [1.807, 2.05) is 13.8 Å². The van der Waals surface area contributed by atoms with Gasteiger partial charge in [0.05, 0.1) is 12.2 Å². The van der Waals surface area contributed by atoms with Crippen molar-refractivity contribution >= 4 is 11.8 Å². The first kappa shape index (κ1) is 20.6.